The minimum absolute atomic E-state index is 0.00622. The highest BCUT2D eigenvalue weighted by atomic mass is 32.2. The number of hydrogen-bond acceptors (Lipinski definition) is 5. The Morgan fingerprint density at radius 3 is 2.55 bits per heavy atom. The maximum absolute atomic E-state index is 10.9. The Kier molecular flexibility index (Phi) is 5.82. The van der Waals surface area contributed by atoms with Crippen LogP contribution in [0.25, 0.3) is 0 Å². The third kappa shape index (κ3) is 5.48. The smallest absolute Gasteiger partial charge is 0.304 e. The van der Waals surface area contributed by atoms with Gasteiger partial charge in [0.15, 0.2) is 0 Å². The Morgan fingerprint density at radius 2 is 2.05 bits per heavy atom. The maximum atomic E-state index is 10.9. The normalized spacial score (nSPS) is 12.2. The molecule has 1 atom stereocenters. The van der Waals surface area contributed by atoms with Gasteiger partial charge in [0, 0.05) is 16.2 Å². The molecule has 0 fully saturated rings. The lowest BCUT2D eigenvalue weighted by Gasteiger charge is -2.12. The molecule has 0 aromatic heterocycles. The van der Waals surface area contributed by atoms with Crippen molar-refractivity contribution in [1.29, 1.82) is 0 Å². The van der Waals surface area contributed by atoms with Gasteiger partial charge in [-0.25, -0.2) is 0 Å². The maximum Gasteiger partial charge on any atom is 0.304 e. The Hall–Kier alpha value is -1.76. The molecule has 6 nitrogen and oxygen atoms in total. The van der Waals surface area contributed by atoms with Crippen LogP contribution in [0.15, 0.2) is 23.1 Å². The van der Waals surface area contributed by atoms with Crippen molar-refractivity contribution in [2.24, 2.45) is 0 Å². The van der Waals surface area contributed by atoms with E-state index in [9.17, 15) is 14.9 Å². The first kappa shape index (κ1) is 16.3. The molecule has 110 valence electrons. The van der Waals surface area contributed by atoms with Crippen LogP contribution in [-0.4, -0.2) is 27.4 Å². The zero-order chi connectivity index (χ0) is 15.3. The van der Waals surface area contributed by atoms with Crippen LogP contribution in [0.2, 0.25) is 0 Å². The van der Waals surface area contributed by atoms with Crippen molar-refractivity contribution < 1.29 is 19.6 Å². The Labute approximate surface area is 121 Å². The number of thioether (sulfide) groups is 1. The molecule has 1 N–H and O–H groups in total. The summed E-state index contributed by atoms with van der Waals surface area (Å²) in [5.41, 5.74) is -0.0619. The van der Waals surface area contributed by atoms with Gasteiger partial charge < -0.3 is 9.84 Å². The molecule has 0 amide bonds. The van der Waals surface area contributed by atoms with Gasteiger partial charge in [-0.15, -0.1) is 11.8 Å². The molecule has 0 saturated heterocycles. The van der Waals surface area contributed by atoms with Gasteiger partial charge in [0.1, 0.15) is 5.75 Å². The molecule has 0 spiro atoms. The average Bonchev–Trinajstić information content (AvgIpc) is 2.25. The number of aliphatic carboxylic acids is 1. The highest BCUT2D eigenvalue weighted by molar-refractivity contribution is 8.00. The zero-order valence-electron chi connectivity index (χ0n) is 11.5. The Balaban J connectivity index is 2.96. The number of nitro benzene ring substituents is 1. The van der Waals surface area contributed by atoms with Crippen LogP contribution in [-0.2, 0) is 4.79 Å². The lowest BCUT2D eigenvalue weighted by Crippen LogP contribution is -2.07. The van der Waals surface area contributed by atoms with Crippen molar-refractivity contribution in [2.75, 3.05) is 0 Å². The fourth-order valence-electron chi connectivity index (χ4n) is 1.59. The second-order valence-corrected chi connectivity index (χ2v) is 6.12. The molecular weight excluding hydrogens is 282 g/mol. The Bertz CT molecular complexity index is 504. The second kappa shape index (κ2) is 7.14. The standard InChI is InChI=1S/C13H17NO5S/c1-8(2)19-11-5-10(14(17)18)6-12(7-11)20-9(3)4-13(15)16/h5-9H,4H2,1-3H3,(H,15,16). The molecule has 1 unspecified atom stereocenters. The highest BCUT2D eigenvalue weighted by Gasteiger charge is 2.15. The summed E-state index contributed by atoms with van der Waals surface area (Å²) in [6.45, 7) is 5.43. The van der Waals surface area contributed by atoms with Gasteiger partial charge in [0.2, 0.25) is 0 Å². The molecule has 0 aliphatic carbocycles. The van der Waals surface area contributed by atoms with E-state index in [0.717, 1.165) is 0 Å². The molecule has 20 heavy (non-hydrogen) atoms. The number of non-ortho nitro benzene ring substituents is 1. The van der Waals surface area contributed by atoms with Gasteiger partial charge in [-0.05, 0) is 19.9 Å². The fourth-order valence-corrected chi connectivity index (χ4v) is 2.65. The number of nitrogens with zero attached hydrogens (tertiary/aromatic N) is 1. The largest absolute Gasteiger partial charge is 0.491 e. The number of rotatable bonds is 7. The van der Waals surface area contributed by atoms with E-state index in [2.05, 4.69) is 0 Å². The van der Waals surface area contributed by atoms with Crippen molar-refractivity contribution in [1.82, 2.24) is 0 Å². The molecule has 0 aliphatic heterocycles. The number of nitro groups is 1. The number of benzene rings is 1. The molecule has 1 rings (SSSR count). The first-order chi connectivity index (χ1) is 9.27. The number of carbonyl (C=O) groups is 1. The van der Waals surface area contributed by atoms with Gasteiger partial charge in [-0.2, -0.15) is 0 Å². The van der Waals surface area contributed by atoms with Crippen molar-refractivity contribution >= 4 is 23.4 Å². The third-order valence-electron chi connectivity index (χ3n) is 2.25. The van der Waals surface area contributed by atoms with E-state index in [1.165, 1.54) is 23.9 Å². The number of hydrogen-bond donors (Lipinski definition) is 1. The van der Waals surface area contributed by atoms with Gasteiger partial charge in [0.05, 0.1) is 23.5 Å². The summed E-state index contributed by atoms with van der Waals surface area (Å²) >= 11 is 1.28. The molecule has 1 aromatic carbocycles. The van der Waals surface area contributed by atoms with Gasteiger partial charge in [-0.3, -0.25) is 14.9 Å². The highest BCUT2D eigenvalue weighted by Crippen LogP contribution is 2.32. The molecular formula is C13H17NO5S. The van der Waals surface area contributed by atoms with Crippen molar-refractivity contribution in [3.05, 3.63) is 28.3 Å². The summed E-state index contributed by atoms with van der Waals surface area (Å²) in [6.07, 6.45) is -0.0976. The predicted molar refractivity (Wildman–Crippen MR) is 76.4 cm³/mol. The van der Waals surface area contributed by atoms with Crippen molar-refractivity contribution in [3.8, 4) is 5.75 Å². The summed E-state index contributed by atoms with van der Waals surface area (Å²) in [7, 11) is 0. The van der Waals surface area contributed by atoms with E-state index in [1.54, 1.807) is 13.0 Å². The minimum Gasteiger partial charge on any atom is -0.491 e. The molecule has 0 bridgehead atoms. The summed E-state index contributed by atoms with van der Waals surface area (Å²) in [4.78, 5) is 21.7. The van der Waals surface area contributed by atoms with Crippen molar-refractivity contribution in [3.63, 3.8) is 0 Å². The lowest BCUT2D eigenvalue weighted by molar-refractivity contribution is -0.385. The number of carboxylic acids is 1. The monoisotopic (exact) mass is 299 g/mol. The quantitative estimate of drug-likeness (QED) is 0.472. The van der Waals surface area contributed by atoms with Crippen molar-refractivity contribution in [2.45, 2.75) is 43.4 Å². The van der Waals surface area contributed by atoms with Gasteiger partial charge in [0.25, 0.3) is 5.69 Å². The fraction of sp³-hybridized carbons (Fsp3) is 0.462. The van der Waals surface area contributed by atoms with E-state index < -0.39 is 10.9 Å². The van der Waals surface area contributed by atoms with E-state index in [-0.39, 0.29) is 23.5 Å². The first-order valence-corrected chi connectivity index (χ1v) is 7.00. The van der Waals surface area contributed by atoms with Gasteiger partial charge >= 0.3 is 5.97 Å². The Morgan fingerprint density at radius 1 is 1.40 bits per heavy atom. The molecule has 7 heteroatoms. The molecule has 0 radical (unpaired) electrons. The van der Waals surface area contributed by atoms with Crippen LogP contribution < -0.4 is 4.74 Å². The third-order valence-corrected chi connectivity index (χ3v) is 3.32. The summed E-state index contributed by atoms with van der Waals surface area (Å²) < 4.78 is 5.47. The average molecular weight is 299 g/mol. The lowest BCUT2D eigenvalue weighted by atomic mass is 10.3. The minimum atomic E-state index is -0.894. The van der Waals surface area contributed by atoms with Gasteiger partial charge in [-0.1, -0.05) is 6.92 Å². The van der Waals surface area contributed by atoms with E-state index >= 15 is 0 Å². The van der Waals surface area contributed by atoms with E-state index in [4.69, 9.17) is 9.84 Å². The van der Waals surface area contributed by atoms with Crippen LogP contribution in [0.4, 0.5) is 5.69 Å². The van der Waals surface area contributed by atoms with E-state index in [0.29, 0.717) is 10.6 Å². The van der Waals surface area contributed by atoms with Crippen LogP contribution in [0.5, 0.6) is 5.75 Å². The first-order valence-electron chi connectivity index (χ1n) is 6.12. The molecule has 0 aliphatic rings. The summed E-state index contributed by atoms with van der Waals surface area (Å²) in [5, 5.41) is 19.5. The molecule has 0 saturated carbocycles. The molecule has 1 aromatic rings. The SMILES string of the molecule is CC(C)Oc1cc(SC(C)CC(=O)O)cc([N+](=O)[O-])c1. The summed E-state index contributed by atoms with van der Waals surface area (Å²) in [5.74, 6) is -0.478. The summed E-state index contributed by atoms with van der Waals surface area (Å²) in [6, 6.07) is 4.48. The number of carboxylic acid groups (broad SMARTS) is 1. The van der Waals surface area contributed by atoms with Crippen LogP contribution >= 0.6 is 11.8 Å². The number of ether oxygens (including phenoxy) is 1. The van der Waals surface area contributed by atoms with E-state index in [1.807, 2.05) is 13.8 Å². The molecule has 0 heterocycles. The predicted octanol–water partition coefficient (Wildman–Crippen LogP) is 3.34. The topological polar surface area (TPSA) is 89.7 Å². The van der Waals surface area contributed by atoms with Crippen LogP contribution in [0, 0.1) is 10.1 Å². The van der Waals surface area contributed by atoms with Crippen LogP contribution in [0.3, 0.4) is 0 Å². The van der Waals surface area contributed by atoms with Crippen LogP contribution in [0.1, 0.15) is 27.2 Å². The second-order valence-electron chi connectivity index (χ2n) is 4.61. The zero-order valence-corrected chi connectivity index (χ0v) is 12.3.